The van der Waals surface area contributed by atoms with Gasteiger partial charge in [0.2, 0.25) is 9.84 Å². The third-order valence-corrected chi connectivity index (χ3v) is 6.06. The van der Waals surface area contributed by atoms with Crippen LogP contribution in [-0.2, 0) is 9.84 Å². The van der Waals surface area contributed by atoms with E-state index in [9.17, 15) is 43.4 Å². The zero-order valence-electron chi connectivity index (χ0n) is 16.4. The van der Waals surface area contributed by atoms with Crippen LogP contribution in [0.2, 0.25) is 0 Å². The van der Waals surface area contributed by atoms with Gasteiger partial charge in [0.25, 0.3) is 11.6 Å². The standard InChI is InChI=1S/C17H20B2N2O9S/c1-2-3-4-20-17(22)11-5-12(18(23)24)8-15(6-11)31(29,30)16-9-13(19(25)26)7-14(10-16)21(27)28/h5-10,23-26H,2-4H2,1H3,(H,20,22). The molecule has 0 aromatic heterocycles. The summed E-state index contributed by atoms with van der Waals surface area (Å²) in [6.07, 6.45) is 1.49. The summed E-state index contributed by atoms with van der Waals surface area (Å²) in [7, 11) is -8.77. The molecule has 0 fully saturated rings. The number of nitro benzene ring substituents is 1. The molecule has 0 spiro atoms. The summed E-state index contributed by atoms with van der Waals surface area (Å²) < 4.78 is 26.2. The fraction of sp³-hybridized carbons (Fsp3) is 0.235. The van der Waals surface area contributed by atoms with Crippen molar-refractivity contribution in [2.45, 2.75) is 29.6 Å². The number of carbonyl (C=O) groups excluding carboxylic acids is 1. The number of carbonyl (C=O) groups is 1. The number of nitrogens with one attached hydrogen (secondary N) is 1. The molecule has 0 unspecified atom stereocenters. The Morgan fingerprint density at radius 1 is 1.00 bits per heavy atom. The molecule has 14 heteroatoms. The smallest absolute Gasteiger partial charge is 0.423 e. The lowest BCUT2D eigenvalue weighted by atomic mass is 9.79. The minimum atomic E-state index is -4.52. The Kier molecular flexibility index (Phi) is 7.92. The van der Waals surface area contributed by atoms with Crippen LogP contribution in [0.15, 0.2) is 46.2 Å². The highest BCUT2D eigenvalue weighted by atomic mass is 32.2. The van der Waals surface area contributed by atoms with E-state index in [-0.39, 0.29) is 11.0 Å². The normalized spacial score (nSPS) is 11.1. The second-order valence-electron chi connectivity index (χ2n) is 6.67. The van der Waals surface area contributed by atoms with Gasteiger partial charge in [-0.15, -0.1) is 0 Å². The molecule has 0 atom stereocenters. The molecule has 0 saturated carbocycles. The lowest BCUT2D eigenvalue weighted by molar-refractivity contribution is -0.385. The Morgan fingerprint density at radius 2 is 1.55 bits per heavy atom. The number of sulfone groups is 1. The SMILES string of the molecule is CCCCNC(=O)c1cc(B(O)O)cc(S(=O)(=O)c2cc(B(O)O)cc([N+](=O)[O-])c2)c1. The number of nitrogens with zero attached hydrogens (tertiary/aromatic N) is 1. The molecule has 0 aliphatic rings. The Balaban J connectivity index is 2.63. The molecule has 1 amide bonds. The van der Waals surface area contributed by atoms with Crippen LogP contribution >= 0.6 is 0 Å². The van der Waals surface area contributed by atoms with Gasteiger partial charge in [0.05, 0.1) is 14.7 Å². The number of rotatable bonds is 9. The second-order valence-corrected chi connectivity index (χ2v) is 8.62. The zero-order valence-corrected chi connectivity index (χ0v) is 17.2. The summed E-state index contributed by atoms with van der Waals surface area (Å²) in [5.74, 6) is -0.641. The van der Waals surface area contributed by atoms with E-state index in [0.717, 1.165) is 42.8 Å². The lowest BCUT2D eigenvalue weighted by Gasteiger charge is -2.12. The van der Waals surface area contributed by atoms with Gasteiger partial charge >= 0.3 is 14.2 Å². The van der Waals surface area contributed by atoms with Crippen LogP contribution in [0.4, 0.5) is 5.69 Å². The van der Waals surface area contributed by atoms with E-state index < -0.39 is 55.8 Å². The predicted octanol–water partition coefficient (Wildman–Crippen LogP) is -1.68. The van der Waals surface area contributed by atoms with Gasteiger partial charge in [0, 0.05) is 24.2 Å². The van der Waals surface area contributed by atoms with Crippen molar-refractivity contribution in [2.75, 3.05) is 6.54 Å². The van der Waals surface area contributed by atoms with E-state index in [2.05, 4.69) is 5.32 Å². The van der Waals surface area contributed by atoms with Gasteiger partial charge in [-0.2, -0.15) is 0 Å². The Bertz CT molecular complexity index is 1090. The number of benzene rings is 2. The van der Waals surface area contributed by atoms with Gasteiger partial charge in [0.15, 0.2) is 0 Å². The average molecular weight is 450 g/mol. The predicted molar refractivity (Wildman–Crippen MR) is 112 cm³/mol. The van der Waals surface area contributed by atoms with E-state index >= 15 is 0 Å². The van der Waals surface area contributed by atoms with E-state index in [1.54, 1.807) is 0 Å². The summed E-state index contributed by atoms with van der Waals surface area (Å²) in [5.41, 5.74) is -1.56. The molecule has 164 valence electrons. The molecule has 0 aliphatic carbocycles. The molecule has 0 bridgehead atoms. The second kappa shape index (κ2) is 10.0. The monoisotopic (exact) mass is 450 g/mol. The number of non-ortho nitro benzene ring substituents is 1. The topological polar surface area (TPSA) is 187 Å². The van der Waals surface area contributed by atoms with Crippen molar-refractivity contribution in [3.8, 4) is 0 Å². The lowest BCUT2D eigenvalue weighted by Crippen LogP contribution is -2.33. The Hall–Kier alpha value is -2.77. The molecule has 31 heavy (non-hydrogen) atoms. The zero-order chi connectivity index (χ0) is 23.3. The minimum Gasteiger partial charge on any atom is -0.423 e. The van der Waals surface area contributed by atoms with Gasteiger partial charge in [-0.25, -0.2) is 8.42 Å². The number of amides is 1. The molecule has 2 aromatic carbocycles. The number of hydrogen-bond acceptors (Lipinski definition) is 9. The molecule has 5 N–H and O–H groups in total. The maximum Gasteiger partial charge on any atom is 0.488 e. The third kappa shape index (κ3) is 5.89. The molecular formula is C17H20B2N2O9S. The number of unbranched alkanes of at least 4 members (excludes halogenated alkanes) is 1. The molecule has 0 radical (unpaired) electrons. The molecule has 2 rings (SSSR count). The fourth-order valence-corrected chi connectivity index (χ4v) is 4.10. The van der Waals surface area contributed by atoms with Crippen LogP contribution in [0.1, 0.15) is 30.1 Å². The van der Waals surface area contributed by atoms with Gasteiger partial charge in [0.1, 0.15) is 0 Å². The first kappa shape index (κ1) is 24.5. The van der Waals surface area contributed by atoms with E-state index in [4.69, 9.17) is 0 Å². The highest BCUT2D eigenvalue weighted by Gasteiger charge is 2.27. The molecule has 2 aromatic rings. The maximum atomic E-state index is 13.1. The highest BCUT2D eigenvalue weighted by molar-refractivity contribution is 7.91. The van der Waals surface area contributed by atoms with Crippen molar-refractivity contribution in [1.82, 2.24) is 5.32 Å². The van der Waals surface area contributed by atoms with Crippen LogP contribution in [0.5, 0.6) is 0 Å². The number of nitro groups is 1. The fourth-order valence-electron chi connectivity index (χ4n) is 2.69. The van der Waals surface area contributed by atoms with Crippen molar-refractivity contribution in [3.63, 3.8) is 0 Å². The summed E-state index contributed by atoms with van der Waals surface area (Å²) in [5, 5.41) is 51.4. The van der Waals surface area contributed by atoms with Crippen molar-refractivity contribution in [2.24, 2.45) is 0 Å². The van der Waals surface area contributed by atoms with Crippen LogP contribution in [0.25, 0.3) is 0 Å². The van der Waals surface area contributed by atoms with Crippen molar-refractivity contribution in [3.05, 3.63) is 52.1 Å². The largest absolute Gasteiger partial charge is 0.488 e. The van der Waals surface area contributed by atoms with E-state index in [0.29, 0.717) is 13.0 Å². The summed E-state index contributed by atoms with van der Waals surface area (Å²) >= 11 is 0. The first-order valence-electron chi connectivity index (χ1n) is 9.17. The van der Waals surface area contributed by atoms with Crippen molar-refractivity contribution < 1.29 is 38.2 Å². The third-order valence-electron chi connectivity index (χ3n) is 4.35. The molecular weight excluding hydrogens is 430 g/mol. The quantitative estimate of drug-likeness (QED) is 0.129. The Morgan fingerprint density at radius 3 is 2.06 bits per heavy atom. The van der Waals surface area contributed by atoms with Gasteiger partial charge < -0.3 is 25.4 Å². The highest BCUT2D eigenvalue weighted by Crippen LogP contribution is 2.24. The van der Waals surface area contributed by atoms with E-state index in [1.165, 1.54) is 0 Å². The van der Waals surface area contributed by atoms with Crippen LogP contribution in [0.3, 0.4) is 0 Å². The minimum absolute atomic E-state index is 0.159. The van der Waals surface area contributed by atoms with Crippen LogP contribution in [0, 0.1) is 10.1 Å². The average Bonchev–Trinajstić information content (AvgIpc) is 2.72. The molecule has 0 heterocycles. The number of hydrogen-bond donors (Lipinski definition) is 5. The first-order chi connectivity index (χ1) is 14.5. The summed E-state index contributed by atoms with van der Waals surface area (Å²) in [4.78, 5) is 21.4. The Labute approximate surface area is 178 Å². The molecule has 0 saturated heterocycles. The van der Waals surface area contributed by atoms with Crippen LogP contribution < -0.4 is 16.2 Å². The van der Waals surface area contributed by atoms with Crippen molar-refractivity contribution in [1.29, 1.82) is 0 Å². The molecule has 0 aliphatic heterocycles. The van der Waals surface area contributed by atoms with Crippen molar-refractivity contribution >= 4 is 46.6 Å². The maximum absolute atomic E-state index is 13.1. The van der Waals surface area contributed by atoms with Crippen LogP contribution in [-0.4, -0.2) is 60.1 Å². The summed E-state index contributed by atoms with van der Waals surface area (Å²) in [6.45, 7) is 2.24. The first-order valence-corrected chi connectivity index (χ1v) is 10.7. The van der Waals surface area contributed by atoms with Gasteiger partial charge in [-0.05, 0) is 41.6 Å². The van der Waals surface area contributed by atoms with Gasteiger partial charge in [-0.1, -0.05) is 13.3 Å². The van der Waals surface area contributed by atoms with E-state index in [1.807, 2.05) is 6.92 Å². The summed E-state index contributed by atoms with van der Waals surface area (Å²) in [6, 6.07) is 5.40. The molecule has 11 nitrogen and oxygen atoms in total. The van der Waals surface area contributed by atoms with Gasteiger partial charge in [-0.3, -0.25) is 14.9 Å².